The maximum atomic E-state index is 11.9. The number of anilines is 1. The highest BCUT2D eigenvalue weighted by molar-refractivity contribution is 7.99. The minimum absolute atomic E-state index is 0.0777. The quantitative estimate of drug-likeness (QED) is 0.740. The average Bonchev–Trinajstić information content (AvgIpc) is 2.89. The fraction of sp³-hybridized carbons (Fsp3) is 0.125. The Labute approximate surface area is 137 Å². The number of H-pyrrole nitrogens is 1. The van der Waals surface area contributed by atoms with Crippen LogP contribution in [-0.4, -0.2) is 21.6 Å². The Morgan fingerprint density at radius 1 is 1.23 bits per heavy atom. The lowest BCUT2D eigenvalue weighted by Gasteiger charge is -2.03. The van der Waals surface area contributed by atoms with Gasteiger partial charge in [0, 0.05) is 10.8 Å². The van der Waals surface area contributed by atoms with E-state index in [-0.39, 0.29) is 5.91 Å². The van der Waals surface area contributed by atoms with Gasteiger partial charge in [0.25, 0.3) is 0 Å². The first kappa shape index (κ1) is 14.9. The van der Waals surface area contributed by atoms with Gasteiger partial charge in [-0.25, -0.2) is 4.98 Å². The van der Waals surface area contributed by atoms with Crippen LogP contribution in [0.4, 0.5) is 5.95 Å². The molecule has 1 heterocycles. The first-order chi connectivity index (χ1) is 10.7. The SMILES string of the molecule is O=C(CSCc1cccc(Cl)c1)Nc1nc2ccccc2[nH]1. The van der Waals surface area contributed by atoms with Crippen LogP contribution in [0.2, 0.25) is 5.02 Å². The molecule has 3 rings (SSSR count). The maximum Gasteiger partial charge on any atom is 0.236 e. The molecule has 0 saturated heterocycles. The highest BCUT2D eigenvalue weighted by Crippen LogP contribution is 2.17. The third kappa shape index (κ3) is 3.81. The van der Waals surface area contributed by atoms with Gasteiger partial charge in [-0.1, -0.05) is 35.9 Å². The Kier molecular flexibility index (Phi) is 4.65. The van der Waals surface area contributed by atoms with Crippen molar-refractivity contribution in [1.82, 2.24) is 9.97 Å². The molecule has 3 aromatic rings. The number of aromatic amines is 1. The second-order valence-electron chi connectivity index (χ2n) is 4.77. The lowest BCUT2D eigenvalue weighted by molar-refractivity contribution is -0.113. The fourth-order valence-electron chi connectivity index (χ4n) is 2.07. The van der Waals surface area contributed by atoms with Crippen molar-refractivity contribution in [2.75, 3.05) is 11.1 Å². The number of nitrogens with one attached hydrogen (secondary N) is 2. The molecule has 0 aliphatic rings. The van der Waals surface area contributed by atoms with Gasteiger partial charge in [-0.05, 0) is 29.8 Å². The zero-order chi connectivity index (χ0) is 15.4. The van der Waals surface area contributed by atoms with Crippen molar-refractivity contribution in [3.05, 3.63) is 59.1 Å². The normalized spacial score (nSPS) is 10.8. The zero-order valence-corrected chi connectivity index (χ0v) is 13.2. The lowest BCUT2D eigenvalue weighted by Crippen LogP contribution is -2.15. The number of hydrogen-bond acceptors (Lipinski definition) is 3. The van der Waals surface area contributed by atoms with E-state index >= 15 is 0 Å². The van der Waals surface area contributed by atoms with Crippen molar-refractivity contribution in [2.45, 2.75) is 5.75 Å². The number of rotatable bonds is 5. The Morgan fingerprint density at radius 2 is 2.09 bits per heavy atom. The van der Waals surface area contributed by atoms with Crippen molar-refractivity contribution in [2.24, 2.45) is 0 Å². The van der Waals surface area contributed by atoms with Crippen molar-refractivity contribution in [3.8, 4) is 0 Å². The molecule has 0 aliphatic carbocycles. The largest absolute Gasteiger partial charge is 0.324 e. The first-order valence-electron chi connectivity index (χ1n) is 6.77. The van der Waals surface area contributed by atoms with Gasteiger partial charge < -0.3 is 4.98 Å². The van der Waals surface area contributed by atoms with Gasteiger partial charge in [-0.15, -0.1) is 11.8 Å². The fourth-order valence-corrected chi connectivity index (χ4v) is 3.06. The van der Waals surface area contributed by atoms with Gasteiger partial charge in [0.05, 0.1) is 16.8 Å². The summed E-state index contributed by atoms with van der Waals surface area (Å²) in [5.74, 6) is 1.51. The summed E-state index contributed by atoms with van der Waals surface area (Å²) < 4.78 is 0. The average molecular weight is 332 g/mol. The van der Waals surface area contributed by atoms with Crippen LogP contribution in [0.5, 0.6) is 0 Å². The molecule has 6 heteroatoms. The molecule has 0 fully saturated rings. The summed E-state index contributed by atoms with van der Waals surface area (Å²) in [6.45, 7) is 0. The molecular weight excluding hydrogens is 318 g/mol. The molecule has 1 amide bonds. The lowest BCUT2D eigenvalue weighted by atomic mass is 10.2. The standard InChI is InChI=1S/C16H14ClN3OS/c17-12-5-3-4-11(8-12)9-22-10-15(21)20-16-18-13-6-1-2-7-14(13)19-16/h1-8H,9-10H2,(H2,18,19,20,21). The number of benzene rings is 2. The van der Waals surface area contributed by atoms with Crippen molar-refractivity contribution in [3.63, 3.8) is 0 Å². The molecule has 112 valence electrons. The molecule has 0 aliphatic heterocycles. The van der Waals surface area contributed by atoms with Crippen LogP contribution in [0, 0.1) is 0 Å². The highest BCUT2D eigenvalue weighted by Gasteiger charge is 2.07. The van der Waals surface area contributed by atoms with E-state index in [1.54, 1.807) is 0 Å². The van der Waals surface area contributed by atoms with Gasteiger partial charge in [0.15, 0.2) is 0 Å². The van der Waals surface area contributed by atoms with Crippen LogP contribution < -0.4 is 5.32 Å². The number of amides is 1. The van der Waals surface area contributed by atoms with Crippen LogP contribution >= 0.6 is 23.4 Å². The van der Waals surface area contributed by atoms with Crippen LogP contribution in [0.15, 0.2) is 48.5 Å². The Balaban J connectivity index is 1.52. The summed E-state index contributed by atoms with van der Waals surface area (Å²) >= 11 is 7.47. The first-order valence-corrected chi connectivity index (χ1v) is 8.31. The zero-order valence-electron chi connectivity index (χ0n) is 11.7. The minimum atomic E-state index is -0.0777. The Hall–Kier alpha value is -1.98. The molecule has 0 unspecified atom stereocenters. The van der Waals surface area contributed by atoms with E-state index in [2.05, 4.69) is 15.3 Å². The van der Waals surface area contributed by atoms with E-state index in [9.17, 15) is 4.79 Å². The van der Waals surface area contributed by atoms with Gasteiger partial charge in [0.2, 0.25) is 11.9 Å². The molecule has 0 saturated carbocycles. The van der Waals surface area contributed by atoms with E-state index in [1.165, 1.54) is 11.8 Å². The van der Waals surface area contributed by atoms with Crippen LogP contribution in [0.3, 0.4) is 0 Å². The highest BCUT2D eigenvalue weighted by atomic mass is 35.5. The molecule has 4 nitrogen and oxygen atoms in total. The van der Waals surface area contributed by atoms with Crippen molar-refractivity contribution < 1.29 is 4.79 Å². The molecule has 0 atom stereocenters. The Bertz CT molecular complexity index is 770. The molecule has 1 aromatic heterocycles. The smallest absolute Gasteiger partial charge is 0.236 e. The minimum Gasteiger partial charge on any atom is -0.324 e. The van der Waals surface area contributed by atoms with Crippen molar-refractivity contribution in [1.29, 1.82) is 0 Å². The second kappa shape index (κ2) is 6.85. The van der Waals surface area contributed by atoms with E-state index in [0.717, 1.165) is 22.3 Å². The van der Waals surface area contributed by atoms with Crippen LogP contribution in [0.25, 0.3) is 11.0 Å². The summed E-state index contributed by atoms with van der Waals surface area (Å²) in [6, 6.07) is 15.3. The Morgan fingerprint density at radius 3 is 2.91 bits per heavy atom. The van der Waals surface area contributed by atoms with Crippen LogP contribution in [0.1, 0.15) is 5.56 Å². The van der Waals surface area contributed by atoms with Gasteiger partial charge in [-0.2, -0.15) is 0 Å². The molecule has 22 heavy (non-hydrogen) atoms. The van der Waals surface area contributed by atoms with E-state index in [1.807, 2.05) is 48.5 Å². The maximum absolute atomic E-state index is 11.9. The third-order valence-electron chi connectivity index (χ3n) is 3.04. The number of halogens is 1. The number of hydrogen-bond donors (Lipinski definition) is 2. The number of para-hydroxylation sites is 2. The molecular formula is C16H14ClN3OS. The predicted octanol–water partition coefficient (Wildman–Crippen LogP) is 4.09. The summed E-state index contributed by atoms with van der Waals surface area (Å²) in [5, 5.41) is 3.49. The number of aromatic nitrogens is 2. The summed E-state index contributed by atoms with van der Waals surface area (Å²) in [7, 11) is 0. The summed E-state index contributed by atoms with van der Waals surface area (Å²) in [5.41, 5.74) is 2.85. The van der Waals surface area contributed by atoms with Gasteiger partial charge in [0.1, 0.15) is 0 Å². The molecule has 0 radical (unpaired) electrons. The molecule has 2 aromatic carbocycles. The summed E-state index contributed by atoms with van der Waals surface area (Å²) in [6.07, 6.45) is 0. The van der Waals surface area contributed by atoms with E-state index < -0.39 is 0 Å². The number of imidazole rings is 1. The second-order valence-corrected chi connectivity index (χ2v) is 6.20. The topological polar surface area (TPSA) is 57.8 Å². The van der Waals surface area contributed by atoms with Crippen LogP contribution in [-0.2, 0) is 10.5 Å². The van der Waals surface area contributed by atoms with Gasteiger partial charge in [-0.3, -0.25) is 10.1 Å². The number of thioether (sulfide) groups is 1. The number of carbonyl (C=O) groups is 1. The summed E-state index contributed by atoms with van der Waals surface area (Å²) in [4.78, 5) is 19.3. The number of fused-ring (bicyclic) bond motifs is 1. The molecule has 0 spiro atoms. The van der Waals surface area contributed by atoms with Crippen molar-refractivity contribution >= 4 is 46.3 Å². The monoisotopic (exact) mass is 331 g/mol. The van der Waals surface area contributed by atoms with E-state index in [4.69, 9.17) is 11.6 Å². The number of nitrogens with zero attached hydrogens (tertiary/aromatic N) is 1. The third-order valence-corrected chi connectivity index (χ3v) is 4.28. The number of carbonyl (C=O) groups excluding carboxylic acids is 1. The molecule has 0 bridgehead atoms. The predicted molar refractivity (Wildman–Crippen MR) is 92.3 cm³/mol. The van der Waals surface area contributed by atoms with E-state index in [0.29, 0.717) is 16.7 Å². The molecule has 2 N–H and O–H groups in total. The van der Waals surface area contributed by atoms with Gasteiger partial charge >= 0.3 is 0 Å².